The number of carbonyl (C=O) groups is 1. The second-order valence-electron chi connectivity index (χ2n) is 6.81. The molecule has 0 saturated heterocycles. The van der Waals surface area contributed by atoms with Gasteiger partial charge >= 0.3 is 0 Å². The highest BCUT2D eigenvalue weighted by Crippen LogP contribution is 2.26. The summed E-state index contributed by atoms with van der Waals surface area (Å²) in [6, 6.07) is 9.96. The number of nitrogens with zero attached hydrogens (tertiary/aromatic N) is 2. The normalized spacial score (nSPS) is 14.8. The van der Waals surface area contributed by atoms with Gasteiger partial charge in [0.1, 0.15) is 17.4 Å². The van der Waals surface area contributed by atoms with Gasteiger partial charge in [0, 0.05) is 12.3 Å². The van der Waals surface area contributed by atoms with Crippen molar-refractivity contribution in [2.75, 3.05) is 5.32 Å². The van der Waals surface area contributed by atoms with Crippen LogP contribution >= 0.6 is 0 Å². The van der Waals surface area contributed by atoms with Crippen molar-refractivity contribution >= 4 is 11.7 Å². The second-order valence-corrected chi connectivity index (χ2v) is 6.81. The molecule has 0 fully saturated rings. The number of carbonyl (C=O) groups excluding carboxylic acids is 1. The Hall–Kier alpha value is -3.07. The predicted octanol–water partition coefficient (Wildman–Crippen LogP) is 3.95. The fourth-order valence-corrected chi connectivity index (χ4v) is 3.36. The number of aryl methyl sites for hydroxylation is 3. The lowest BCUT2D eigenvalue weighted by atomic mass is 9.88. The van der Waals surface area contributed by atoms with E-state index in [1.54, 1.807) is 13.0 Å². The maximum absolute atomic E-state index is 12.5. The van der Waals surface area contributed by atoms with Crippen molar-refractivity contribution in [2.45, 2.75) is 52.0 Å². The quantitative estimate of drug-likeness (QED) is 0.598. The number of nitrogens with one attached hydrogen (secondary N) is 2. The van der Waals surface area contributed by atoms with Crippen molar-refractivity contribution in [3.05, 3.63) is 58.5 Å². The molecule has 2 N–H and O–H groups in total. The van der Waals surface area contributed by atoms with Crippen LogP contribution in [0.3, 0.4) is 0 Å². The molecule has 3 rings (SSSR count). The molecule has 0 bridgehead atoms. The number of amides is 1. The SMILES string of the molecule is CCC(NC(=O)/C(C#N)=C\Nc1cc(C)on1)c1ccc2c(c1)CCCC2. The maximum atomic E-state index is 12.5. The van der Waals surface area contributed by atoms with Crippen LogP contribution in [0.1, 0.15) is 54.7 Å². The van der Waals surface area contributed by atoms with Gasteiger partial charge in [0.25, 0.3) is 5.91 Å². The van der Waals surface area contributed by atoms with Gasteiger partial charge in [-0.25, -0.2) is 0 Å². The summed E-state index contributed by atoms with van der Waals surface area (Å²) >= 11 is 0. The average Bonchev–Trinajstić information content (AvgIpc) is 3.11. The molecule has 1 aliphatic rings. The van der Waals surface area contributed by atoms with E-state index >= 15 is 0 Å². The molecular formula is C21H24N4O2. The Morgan fingerprint density at radius 1 is 1.33 bits per heavy atom. The molecule has 27 heavy (non-hydrogen) atoms. The first-order chi connectivity index (χ1) is 13.1. The topological polar surface area (TPSA) is 91.0 Å². The molecule has 1 atom stereocenters. The zero-order valence-corrected chi connectivity index (χ0v) is 15.7. The van der Waals surface area contributed by atoms with Crippen LogP contribution in [0.15, 0.2) is 40.6 Å². The van der Waals surface area contributed by atoms with Gasteiger partial charge in [-0.3, -0.25) is 4.79 Å². The summed E-state index contributed by atoms with van der Waals surface area (Å²) in [5.74, 6) is 0.692. The van der Waals surface area contributed by atoms with Gasteiger partial charge < -0.3 is 15.2 Å². The van der Waals surface area contributed by atoms with Gasteiger partial charge in [-0.15, -0.1) is 0 Å². The molecule has 0 spiro atoms. The van der Waals surface area contributed by atoms with Gasteiger partial charge in [0.15, 0.2) is 5.82 Å². The summed E-state index contributed by atoms with van der Waals surface area (Å²) in [5, 5.41) is 18.9. The predicted molar refractivity (Wildman–Crippen MR) is 103 cm³/mol. The van der Waals surface area contributed by atoms with Gasteiger partial charge in [0.2, 0.25) is 0 Å². The Morgan fingerprint density at radius 2 is 2.11 bits per heavy atom. The van der Waals surface area contributed by atoms with E-state index in [1.807, 2.05) is 13.0 Å². The Morgan fingerprint density at radius 3 is 2.78 bits per heavy atom. The van der Waals surface area contributed by atoms with E-state index in [9.17, 15) is 10.1 Å². The van der Waals surface area contributed by atoms with Crippen molar-refractivity contribution in [3.63, 3.8) is 0 Å². The molecule has 0 aliphatic heterocycles. The van der Waals surface area contributed by atoms with Crippen LogP contribution in [0, 0.1) is 18.3 Å². The Balaban J connectivity index is 1.71. The Labute approximate surface area is 159 Å². The minimum absolute atomic E-state index is 0.00735. The molecule has 0 radical (unpaired) electrons. The summed E-state index contributed by atoms with van der Waals surface area (Å²) < 4.78 is 4.95. The van der Waals surface area contributed by atoms with Crippen molar-refractivity contribution in [1.29, 1.82) is 5.26 Å². The highest BCUT2D eigenvalue weighted by molar-refractivity contribution is 5.97. The number of hydrogen-bond acceptors (Lipinski definition) is 5. The summed E-state index contributed by atoms with van der Waals surface area (Å²) in [6.45, 7) is 3.79. The Bertz CT molecular complexity index is 892. The lowest BCUT2D eigenvalue weighted by molar-refractivity contribution is -0.117. The molecule has 1 aromatic carbocycles. The zero-order chi connectivity index (χ0) is 19.2. The van der Waals surface area contributed by atoms with E-state index in [1.165, 1.54) is 30.2 Å². The summed E-state index contributed by atoms with van der Waals surface area (Å²) in [6.07, 6.45) is 6.79. The molecule has 0 saturated carbocycles. The second kappa shape index (κ2) is 8.54. The third kappa shape index (κ3) is 4.56. The highest BCUT2D eigenvalue weighted by Gasteiger charge is 2.18. The fraction of sp³-hybridized carbons (Fsp3) is 0.381. The van der Waals surface area contributed by atoms with E-state index < -0.39 is 5.91 Å². The minimum atomic E-state index is -0.408. The van der Waals surface area contributed by atoms with E-state index in [0.29, 0.717) is 11.6 Å². The number of aromatic nitrogens is 1. The lowest BCUT2D eigenvalue weighted by Gasteiger charge is -2.21. The summed E-state index contributed by atoms with van der Waals surface area (Å²) in [5.41, 5.74) is 3.87. The molecular weight excluding hydrogens is 340 g/mol. The highest BCUT2D eigenvalue weighted by atomic mass is 16.5. The van der Waals surface area contributed by atoms with Crippen LogP contribution in [0.25, 0.3) is 0 Å². The van der Waals surface area contributed by atoms with Gasteiger partial charge in [-0.2, -0.15) is 5.26 Å². The van der Waals surface area contributed by atoms with E-state index in [2.05, 4.69) is 34.0 Å². The molecule has 1 heterocycles. The number of hydrogen-bond donors (Lipinski definition) is 2. The van der Waals surface area contributed by atoms with Crippen LogP contribution in [0.4, 0.5) is 5.82 Å². The molecule has 6 heteroatoms. The van der Waals surface area contributed by atoms with Gasteiger partial charge in [-0.05, 0) is 55.7 Å². The zero-order valence-electron chi connectivity index (χ0n) is 15.7. The van der Waals surface area contributed by atoms with Crippen LogP contribution < -0.4 is 10.6 Å². The first kappa shape index (κ1) is 18.7. The van der Waals surface area contributed by atoms with Crippen LogP contribution in [-0.2, 0) is 17.6 Å². The maximum Gasteiger partial charge on any atom is 0.263 e. The van der Waals surface area contributed by atoms with Gasteiger partial charge in [-0.1, -0.05) is 30.3 Å². The van der Waals surface area contributed by atoms with Crippen molar-refractivity contribution in [3.8, 4) is 6.07 Å². The number of nitriles is 1. The molecule has 6 nitrogen and oxygen atoms in total. The van der Waals surface area contributed by atoms with Crippen LogP contribution in [-0.4, -0.2) is 11.1 Å². The molecule has 1 amide bonds. The smallest absolute Gasteiger partial charge is 0.263 e. The first-order valence-electron chi connectivity index (χ1n) is 9.33. The van der Waals surface area contributed by atoms with E-state index in [-0.39, 0.29) is 11.6 Å². The Kier molecular flexibility index (Phi) is 5.92. The summed E-state index contributed by atoms with van der Waals surface area (Å²) in [4.78, 5) is 12.5. The van der Waals surface area contributed by atoms with Crippen molar-refractivity contribution < 1.29 is 9.32 Å². The monoisotopic (exact) mass is 364 g/mol. The number of rotatable bonds is 6. The number of anilines is 1. The number of fused-ring (bicyclic) bond motifs is 1. The molecule has 2 aromatic rings. The van der Waals surface area contributed by atoms with Gasteiger partial charge in [0.05, 0.1) is 6.04 Å². The number of benzene rings is 1. The molecule has 1 aromatic heterocycles. The molecule has 1 unspecified atom stereocenters. The average molecular weight is 364 g/mol. The molecule has 140 valence electrons. The summed E-state index contributed by atoms with van der Waals surface area (Å²) in [7, 11) is 0. The standard InChI is InChI=1S/C21H24N4O2/c1-3-19(17-9-8-15-6-4-5-7-16(15)11-17)24-21(26)18(12-22)13-23-20-10-14(2)27-25-20/h8-11,13,19H,3-7H2,1-2H3,(H,23,25)(H,24,26)/b18-13-. The first-order valence-corrected chi connectivity index (χ1v) is 9.33. The fourth-order valence-electron chi connectivity index (χ4n) is 3.36. The van der Waals surface area contributed by atoms with E-state index in [0.717, 1.165) is 24.8 Å². The van der Waals surface area contributed by atoms with Crippen LogP contribution in [0.5, 0.6) is 0 Å². The third-order valence-corrected chi connectivity index (χ3v) is 4.85. The third-order valence-electron chi connectivity index (χ3n) is 4.85. The molecule has 1 aliphatic carbocycles. The van der Waals surface area contributed by atoms with E-state index in [4.69, 9.17) is 4.52 Å². The minimum Gasteiger partial charge on any atom is -0.360 e. The largest absolute Gasteiger partial charge is 0.360 e. The lowest BCUT2D eigenvalue weighted by Crippen LogP contribution is -2.29. The van der Waals surface area contributed by atoms with Crippen molar-refractivity contribution in [1.82, 2.24) is 10.5 Å². The van der Waals surface area contributed by atoms with Crippen molar-refractivity contribution in [2.24, 2.45) is 0 Å². The van der Waals surface area contributed by atoms with Crippen LogP contribution in [0.2, 0.25) is 0 Å².